The number of nitrogens with one attached hydrogen (secondary N) is 1. The highest BCUT2D eigenvalue weighted by atomic mass is 32.2. The van der Waals surface area contributed by atoms with Crippen molar-refractivity contribution >= 4 is 15.7 Å². The maximum absolute atomic E-state index is 12.6. The Morgan fingerprint density at radius 3 is 2.43 bits per heavy atom. The lowest BCUT2D eigenvalue weighted by molar-refractivity contribution is 0.0709. The van der Waals surface area contributed by atoms with Crippen LogP contribution in [0, 0.1) is 0 Å². The molecular weight excluding hydrogens is 312 g/mol. The van der Waals surface area contributed by atoms with Gasteiger partial charge in [0.05, 0.1) is 10.1 Å². The molecule has 1 aliphatic carbocycles. The highest BCUT2D eigenvalue weighted by molar-refractivity contribution is 7.92. The molecule has 1 N–H and O–H groups in total. The molecule has 2 aliphatic rings. The minimum atomic E-state index is -3.25. The third-order valence-electron chi connectivity index (χ3n) is 4.83. The summed E-state index contributed by atoms with van der Waals surface area (Å²) in [5.74, 6) is -0.0248. The van der Waals surface area contributed by atoms with Crippen molar-refractivity contribution in [3.8, 4) is 0 Å². The number of sulfone groups is 1. The van der Waals surface area contributed by atoms with Gasteiger partial charge in [-0.2, -0.15) is 0 Å². The predicted octanol–water partition coefficient (Wildman–Crippen LogP) is 1.84. The van der Waals surface area contributed by atoms with Gasteiger partial charge >= 0.3 is 0 Å². The third-order valence-corrected chi connectivity index (χ3v) is 7.11. The van der Waals surface area contributed by atoms with Gasteiger partial charge in [0.15, 0.2) is 9.84 Å². The molecule has 3 rings (SSSR count). The predicted molar refractivity (Wildman–Crippen MR) is 89.3 cm³/mol. The van der Waals surface area contributed by atoms with Crippen molar-refractivity contribution in [2.45, 2.75) is 48.8 Å². The van der Waals surface area contributed by atoms with E-state index in [0.717, 1.165) is 32.2 Å². The van der Waals surface area contributed by atoms with Crippen LogP contribution in [0.15, 0.2) is 29.2 Å². The third kappa shape index (κ3) is 3.43. The molecule has 0 aromatic heterocycles. The minimum absolute atomic E-state index is 0.0248. The molecule has 1 amide bonds. The largest absolute Gasteiger partial charge is 0.336 e. The molecule has 1 unspecified atom stereocenters. The fourth-order valence-corrected chi connectivity index (χ4v) is 5.33. The molecule has 1 saturated heterocycles. The van der Waals surface area contributed by atoms with Gasteiger partial charge in [0.25, 0.3) is 5.91 Å². The summed E-state index contributed by atoms with van der Waals surface area (Å²) in [6, 6.07) is 6.77. The second-order valence-corrected chi connectivity index (χ2v) is 8.81. The fourth-order valence-electron chi connectivity index (χ4n) is 3.48. The molecule has 1 atom stereocenters. The summed E-state index contributed by atoms with van der Waals surface area (Å²) in [6.45, 7) is 4.21. The Bertz CT molecular complexity index is 664. The zero-order valence-electron chi connectivity index (χ0n) is 13.5. The van der Waals surface area contributed by atoms with Gasteiger partial charge in [0, 0.05) is 31.2 Å². The highest BCUT2D eigenvalue weighted by Crippen LogP contribution is 2.29. The van der Waals surface area contributed by atoms with Crippen LogP contribution in [0.2, 0.25) is 0 Å². The quantitative estimate of drug-likeness (QED) is 0.914. The van der Waals surface area contributed by atoms with Crippen LogP contribution in [-0.2, 0) is 9.84 Å². The first kappa shape index (κ1) is 16.5. The number of benzene rings is 1. The van der Waals surface area contributed by atoms with Crippen LogP contribution in [0.5, 0.6) is 0 Å². The van der Waals surface area contributed by atoms with Crippen molar-refractivity contribution < 1.29 is 13.2 Å². The Balaban J connectivity index is 1.75. The van der Waals surface area contributed by atoms with Crippen LogP contribution >= 0.6 is 0 Å². The topological polar surface area (TPSA) is 66.5 Å². The number of piperazine rings is 1. The molecule has 1 aliphatic heterocycles. The van der Waals surface area contributed by atoms with Gasteiger partial charge in [-0.25, -0.2) is 8.42 Å². The van der Waals surface area contributed by atoms with Crippen molar-refractivity contribution in [3.05, 3.63) is 29.8 Å². The van der Waals surface area contributed by atoms with Gasteiger partial charge in [-0.05, 0) is 44.0 Å². The van der Waals surface area contributed by atoms with E-state index in [0.29, 0.717) is 23.5 Å². The van der Waals surface area contributed by atoms with Gasteiger partial charge in [-0.3, -0.25) is 4.79 Å². The fraction of sp³-hybridized carbons (Fsp3) is 0.588. The molecule has 0 radical (unpaired) electrons. The van der Waals surface area contributed by atoms with Gasteiger partial charge in [-0.1, -0.05) is 12.8 Å². The van der Waals surface area contributed by atoms with Gasteiger partial charge in [0.2, 0.25) is 0 Å². The van der Waals surface area contributed by atoms with Gasteiger partial charge < -0.3 is 10.2 Å². The average Bonchev–Trinajstić information content (AvgIpc) is 3.09. The Kier molecular flexibility index (Phi) is 4.73. The van der Waals surface area contributed by atoms with Crippen LogP contribution in [-0.4, -0.2) is 50.2 Å². The summed E-state index contributed by atoms with van der Waals surface area (Å²) >= 11 is 0. The molecule has 1 aromatic carbocycles. The second kappa shape index (κ2) is 6.61. The van der Waals surface area contributed by atoms with Crippen molar-refractivity contribution in [1.29, 1.82) is 0 Å². The maximum atomic E-state index is 12.6. The van der Waals surface area contributed by atoms with E-state index in [-0.39, 0.29) is 17.2 Å². The van der Waals surface area contributed by atoms with Crippen LogP contribution < -0.4 is 5.32 Å². The number of carbonyl (C=O) groups is 1. The summed E-state index contributed by atoms with van der Waals surface area (Å²) in [4.78, 5) is 14.7. The molecular formula is C17H24N2O3S. The molecule has 0 spiro atoms. The van der Waals surface area contributed by atoms with Crippen LogP contribution in [0.25, 0.3) is 0 Å². The zero-order chi connectivity index (χ0) is 16.4. The van der Waals surface area contributed by atoms with E-state index in [2.05, 4.69) is 12.2 Å². The molecule has 2 fully saturated rings. The smallest absolute Gasteiger partial charge is 0.253 e. The lowest BCUT2D eigenvalue weighted by Crippen LogP contribution is -2.51. The molecule has 1 saturated carbocycles. The monoisotopic (exact) mass is 336 g/mol. The number of hydrogen-bond donors (Lipinski definition) is 1. The van der Waals surface area contributed by atoms with E-state index >= 15 is 0 Å². The normalized spacial score (nSPS) is 23.2. The minimum Gasteiger partial charge on any atom is -0.336 e. The van der Waals surface area contributed by atoms with Crippen molar-refractivity contribution in [1.82, 2.24) is 10.2 Å². The first-order chi connectivity index (χ1) is 11.0. The van der Waals surface area contributed by atoms with Crippen molar-refractivity contribution in [2.75, 3.05) is 19.6 Å². The van der Waals surface area contributed by atoms with E-state index in [1.54, 1.807) is 24.3 Å². The highest BCUT2D eigenvalue weighted by Gasteiger charge is 2.30. The van der Waals surface area contributed by atoms with Gasteiger partial charge in [-0.15, -0.1) is 0 Å². The Hall–Kier alpha value is -1.40. The zero-order valence-corrected chi connectivity index (χ0v) is 14.3. The second-order valence-electron chi connectivity index (χ2n) is 6.58. The summed E-state index contributed by atoms with van der Waals surface area (Å²) in [5, 5.41) is 3.05. The van der Waals surface area contributed by atoms with Crippen molar-refractivity contribution in [3.63, 3.8) is 0 Å². The van der Waals surface area contributed by atoms with Gasteiger partial charge in [0.1, 0.15) is 0 Å². The summed E-state index contributed by atoms with van der Waals surface area (Å²) in [5.41, 5.74) is 0.560. The Morgan fingerprint density at radius 1 is 1.17 bits per heavy atom. The lowest BCUT2D eigenvalue weighted by Gasteiger charge is -2.32. The Labute approximate surface area is 138 Å². The number of rotatable bonds is 3. The Morgan fingerprint density at radius 2 is 1.83 bits per heavy atom. The molecule has 0 bridgehead atoms. The number of hydrogen-bond acceptors (Lipinski definition) is 4. The van der Waals surface area contributed by atoms with E-state index in [1.807, 2.05) is 4.90 Å². The number of carbonyl (C=O) groups excluding carboxylic acids is 1. The van der Waals surface area contributed by atoms with E-state index in [4.69, 9.17) is 0 Å². The lowest BCUT2D eigenvalue weighted by atomic mass is 10.1. The molecule has 5 nitrogen and oxygen atoms in total. The maximum Gasteiger partial charge on any atom is 0.253 e. The first-order valence-electron chi connectivity index (χ1n) is 8.35. The summed E-state index contributed by atoms with van der Waals surface area (Å²) in [6.07, 6.45) is 3.48. The van der Waals surface area contributed by atoms with E-state index in [9.17, 15) is 13.2 Å². The molecule has 23 heavy (non-hydrogen) atoms. The molecule has 126 valence electrons. The summed E-state index contributed by atoms with van der Waals surface area (Å²) in [7, 11) is -3.25. The van der Waals surface area contributed by atoms with E-state index in [1.165, 1.54) is 0 Å². The SMILES string of the molecule is CC1CN(C(=O)c2ccc(S(=O)(=O)C3CCCC3)cc2)CCN1. The van der Waals surface area contributed by atoms with Crippen molar-refractivity contribution in [2.24, 2.45) is 0 Å². The van der Waals surface area contributed by atoms with Crippen LogP contribution in [0.3, 0.4) is 0 Å². The van der Waals surface area contributed by atoms with Crippen LogP contribution in [0.1, 0.15) is 43.0 Å². The molecule has 1 heterocycles. The van der Waals surface area contributed by atoms with E-state index < -0.39 is 9.84 Å². The number of nitrogens with zero attached hydrogens (tertiary/aromatic N) is 1. The number of amides is 1. The first-order valence-corrected chi connectivity index (χ1v) is 9.90. The van der Waals surface area contributed by atoms with Crippen LogP contribution in [0.4, 0.5) is 0 Å². The molecule has 1 aromatic rings. The molecule has 6 heteroatoms. The average molecular weight is 336 g/mol. The summed E-state index contributed by atoms with van der Waals surface area (Å²) < 4.78 is 25.1. The standard InChI is InChI=1S/C17H24N2O3S/c1-13-12-19(11-10-18-13)17(20)14-6-8-16(9-7-14)23(21,22)15-4-2-3-5-15/h6-9,13,15,18H,2-5,10-12H2,1H3.